The van der Waals surface area contributed by atoms with E-state index in [9.17, 15) is 23.6 Å². The summed E-state index contributed by atoms with van der Waals surface area (Å²) in [6.07, 6.45) is 0.296. The van der Waals surface area contributed by atoms with Crippen LogP contribution in [0.15, 0.2) is 41.7 Å². The molecule has 0 radical (unpaired) electrons. The first-order valence-corrected chi connectivity index (χ1v) is 14.0. The largest absolute Gasteiger partial charge is 0.488 e. The fraction of sp³-hybridized carbons (Fsp3) is 0.367. The lowest BCUT2D eigenvalue weighted by atomic mass is 9.96. The molecule has 1 aromatic heterocycles. The first-order valence-electron chi connectivity index (χ1n) is 13.6. The Kier molecular flexibility index (Phi) is 7.15. The molecular weight excluding hydrogens is 571 g/mol. The molecule has 12 heteroatoms. The number of likely N-dealkylation sites (tertiary alicyclic amines) is 1. The van der Waals surface area contributed by atoms with Crippen LogP contribution >= 0.6 is 11.6 Å². The highest BCUT2D eigenvalue weighted by atomic mass is 35.5. The van der Waals surface area contributed by atoms with Crippen LogP contribution in [0.2, 0.25) is 5.02 Å². The van der Waals surface area contributed by atoms with Crippen molar-refractivity contribution in [2.75, 3.05) is 50.8 Å². The minimum atomic E-state index is -0.949. The molecule has 3 aromatic rings. The van der Waals surface area contributed by atoms with E-state index in [-0.39, 0.29) is 59.1 Å². The standard InChI is InChI=1S/C30H27ClF3N5O3/c1-3-25(40)37-6-7-38(16(2)11-37)27-21-9-23(31)26(20-5-4-17(32)8-24(20)34)29-28(21)39(30(41)22(27)10-35)19(15-42-29)14-36-12-18(33)13-36/h3-5,8-9,16,18-19H,1,6-7,11-15H2,2H3/t16-,19?/m0/s1. The molecule has 0 N–H and O–H groups in total. The van der Waals surface area contributed by atoms with Crippen molar-refractivity contribution in [2.45, 2.75) is 25.2 Å². The van der Waals surface area contributed by atoms with E-state index in [0.717, 1.165) is 12.1 Å². The number of nitriles is 1. The molecule has 2 aromatic carbocycles. The van der Waals surface area contributed by atoms with Gasteiger partial charge in [0.2, 0.25) is 5.91 Å². The lowest BCUT2D eigenvalue weighted by molar-refractivity contribution is -0.126. The van der Waals surface area contributed by atoms with Gasteiger partial charge in [0, 0.05) is 67.9 Å². The van der Waals surface area contributed by atoms with Crippen LogP contribution in [0.1, 0.15) is 18.5 Å². The van der Waals surface area contributed by atoms with Crippen LogP contribution in [0.3, 0.4) is 0 Å². The van der Waals surface area contributed by atoms with Gasteiger partial charge in [-0.2, -0.15) is 5.26 Å². The number of nitrogens with zero attached hydrogens (tertiary/aromatic N) is 5. The summed E-state index contributed by atoms with van der Waals surface area (Å²) in [5.74, 6) is -1.69. The summed E-state index contributed by atoms with van der Waals surface area (Å²) in [6.45, 7) is 7.18. The minimum absolute atomic E-state index is 0.00501. The number of carbonyl (C=O) groups excluding carboxylic acids is 1. The van der Waals surface area contributed by atoms with Crippen LogP contribution in [0.25, 0.3) is 22.0 Å². The molecule has 2 fully saturated rings. The average molecular weight is 598 g/mol. The number of pyridine rings is 1. The molecule has 0 spiro atoms. The predicted octanol–water partition coefficient (Wildman–Crippen LogP) is 4.28. The number of rotatable bonds is 5. The van der Waals surface area contributed by atoms with E-state index in [4.69, 9.17) is 16.3 Å². The quantitative estimate of drug-likeness (QED) is 0.409. The highest BCUT2D eigenvalue weighted by molar-refractivity contribution is 6.35. The molecule has 0 bridgehead atoms. The molecule has 1 amide bonds. The minimum Gasteiger partial charge on any atom is -0.488 e. The maximum Gasteiger partial charge on any atom is 0.271 e. The smallest absolute Gasteiger partial charge is 0.271 e. The summed E-state index contributed by atoms with van der Waals surface area (Å²) < 4.78 is 50.2. The molecule has 218 valence electrons. The summed E-state index contributed by atoms with van der Waals surface area (Å²) in [5, 5.41) is 10.8. The first kappa shape index (κ1) is 28.1. The Morgan fingerprint density at radius 2 is 2.00 bits per heavy atom. The Balaban J connectivity index is 1.60. The van der Waals surface area contributed by atoms with Gasteiger partial charge in [0.15, 0.2) is 5.75 Å². The SMILES string of the molecule is C=CC(=O)N1CCN(c2c(C#N)c(=O)n3c4c(c(-c5ccc(F)cc5F)c(Cl)cc24)OCC3CN2CC(F)C2)[C@@H](C)C1. The molecule has 6 rings (SSSR count). The van der Waals surface area contributed by atoms with Crippen molar-refractivity contribution in [3.05, 3.63) is 69.5 Å². The second-order valence-corrected chi connectivity index (χ2v) is 11.3. The van der Waals surface area contributed by atoms with Crippen molar-refractivity contribution in [2.24, 2.45) is 0 Å². The van der Waals surface area contributed by atoms with Gasteiger partial charge in [0.05, 0.1) is 22.3 Å². The Hall–Kier alpha value is -4.01. The monoisotopic (exact) mass is 597 g/mol. The van der Waals surface area contributed by atoms with Gasteiger partial charge in [0.1, 0.15) is 36.0 Å². The molecule has 4 heterocycles. The van der Waals surface area contributed by atoms with Crippen molar-refractivity contribution in [1.82, 2.24) is 14.4 Å². The number of halogens is 4. The highest BCUT2D eigenvalue weighted by Crippen LogP contribution is 2.48. The van der Waals surface area contributed by atoms with E-state index < -0.39 is 29.4 Å². The summed E-state index contributed by atoms with van der Waals surface area (Å²) in [4.78, 5) is 31.8. The van der Waals surface area contributed by atoms with Gasteiger partial charge in [0.25, 0.3) is 5.56 Å². The molecule has 3 aliphatic rings. The van der Waals surface area contributed by atoms with E-state index in [1.165, 1.54) is 16.7 Å². The number of carbonyl (C=O) groups is 1. The molecule has 8 nitrogen and oxygen atoms in total. The van der Waals surface area contributed by atoms with Crippen LogP contribution in [0, 0.1) is 23.0 Å². The van der Waals surface area contributed by atoms with E-state index in [2.05, 4.69) is 12.6 Å². The zero-order valence-electron chi connectivity index (χ0n) is 22.7. The maximum atomic E-state index is 15.1. The third kappa shape index (κ3) is 4.50. The second-order valence-electron chi connectivity index (χ2n) is 10.9. The van der Waals surface area contributed by atoms with Crippen molar-refractivity contribution in [1.29, 1.82) is 5.26 Å². The zero-order chi connectivity index (χ0) is 29.9. The van der Waals surface area contributed by atoms with Crippen LogP contribution in [0.5, 0.6) is 5.75 Å². The number of anilines is 1. The molecular formula is C30H27ClF3N5O3. The van der Waals surface area contributed by atoms with E-state index in [1.54, 1.807) is 11.0 Å². The summed E-state index contributed by atoms with van der Waals surface area (Å²) in [7, 11) is 0. The fourth-order valence-electron chi connectivity index (χ4n) is 6.29. The number of amides is 1. The molecule has 0 saturated carbocycles. The second kappa shape index (κ2) is 10.7. The number of alkyl halides is 1. The van der Waals surface area contributed by atoms with Crippen LogP contribution in [-0.4, -0.2) is 78.4 Å². The first-order chi connectivity index (χ1) is 20.1. The van der Waals surface area contributed by atoms with Crippen LogP contribution in [-0.2, 0) is 4.79 Å². The normalized spacial score (nSPS) is 20.7. The Morgan fingerprint density at radius 3 is 2.64 bits per heavy atom. The molecule has 0 aliphatic carbocycles. The van der Waals surface area contributed by atoms with Crippen molar-refractivity contribution in [3.63, 3.8) is 0 Å². The topological polar surface area (TPSA) is 81.8 Å². The predicted molar refractivity (Wildman–Crippen MR) is 153 cm³/mol. The Bertz CT molecular complexity index is 1730. The fourth-order valence-corrected chi connectivity index (χ4v) is 6.58. The van der Waals surface area contributed by atoms with Crippen molar-refractivity contribution in [3.8, 4) is 22.9 Å². The number of piperazine rings is 1. The van der Waals surface area contributed by atoms with Gasteiger partial charge >= 0.3 is 0 Å². The van der Waals surface area contributed by atoms with Gasteiger partial charge in [-0.1, -0.05) is 18.2 Å². The molecule has 42 heavy (non-hydrogen) atoms. The van der Waals surface area contributed by atoms with Crippen LogP contribution in [0.4, 0.5) is 18.9 Å². The molecule has 3 aliphatic heterocycles. The van der Waals surface area contributed by atoms with E-state index in [0.29, 0.717) is 42.8 Å². The lowest BCUT2D eigenvalue weighted by Gasteiger charge is -2.43. The van der Waals surface area contributed by atoms with Gasteiger partial charge in [-0.3, -0.25) is 19.1 Å². The summed E-state index contributed by atoms with van der Waals surface area (Å²) >= 11 is 6.80. The molecule has 2 atom stereocenters. The maximum absolute atomic E-state index is 15.1. The number of benzene rings is 2. The summed E-state index contributed by atoms with van der Waals surface area (Å²) in [5.41, 5.74) is 0.164. The van der Waals surface area contributed by atoms with Crippen molar-refractivity contribution >= 4 is 34.1 Å². The number of hydrogen-bond donors (Lipinski definition) is 0. The third-order valence-corrected chi connectivity index (χ3v) is 8.55. The Labute approximate surface area is 244 Å². The number of hydrogen-bond acceptors (Lipinski definition) is 6. The van der Waals surface area contributed by atoms with Crippen molar-refractivity contribution < 1.29 is 22.7 Å². The van der Waals surface area contributed by atoms with Crippen LogP contribution < -0.4 is 15.2 Å². The highest BCUT2D eigenvalue weighted by Gasteiger charge is 2.38. The zero-order valence-corrected chi connectivity index (χ0v) is 23.5. The average Bonchev–Trinajstić information content (AvgIpc) is 2.94. The van der Waals surface area contributed by atoms with Gasteiger partial charge < -0.3 is 14.5 Å². The number of aromatic nitrogens is 1. The molecule has 1 unspecified atom stereocenters. The van der Waals surface area contributed by atoms with Gasteiger partial charge in [-0.15, -0.1) is 0 Å². The van der Waals surface area contributed by atoms with Gasteiger partial charge in [-0.25, -0.2) is 13.2 Å². The Morgan fingerprint density at radius 1 is 1.24 bits per heavy atom. The number of ether oxygens (including phenoxy) is 1. The van der Waals surface area contributed by atoms with E-state index in [1.807, 2.05) is 16.7 Å². The third-order valence-electron chi connectivity index (χ3n) is 8.25. The lowest BCUT2D eigenvalue weighted by Crippen LogP contribution is -2.54. The van der Waals surface area contributed by atoms with Gasteiger partial charge in [-0.05, 0) is 31.2 Å². The molecule has 2 saturated heterocycles. The summed E-state index contributed by atoms with van der Waals surface area (Å²) in [6, 6.07) is 5.94. The van der Waals surface area contributed by atoms with E-state index >= 15 is 4.39 Å².